The van der Waals surface area contributed by atoms with E-state index >= 15 is 0 Å². The van der Waals surface area contributed by atoms with E-state index in [-0.39, 0.29) is 11.7 Å². The van der Waals surface area contributed by atoms with Gasteiger partial charge < -0.3 is 16.4 Å². The maximum absolute atomic E-state index is 14.3. The molecular formula is C28H36FN5O. The fraction of sp³-hybridized carbons (Fsp3) is 0.321. The van der Waals surface area contributed by atoms with Gasteiger partial charge in [0.1, 0.15) is 5.82 Å². The predicted molar refractivity (Wildman–Crippen MR) is 146 cm³/mol. The second kappa shape index (κ2) is 14.0. The Morgan fingerprint density at radius 3 is 2.51 bits per heavy atom. The Bertz CT molecular complexity index is 1150. The molecule has 2 aromatic rings. The molecule has 7 heteroatoms. The molecule has 0 aliphatic rings. The van der Waals surface area contributed by atoms with E-state index in [0.29, 0.717) is 47.8 Å². The minimum Gasteiger partial charge on any atom is -0.352 e. The standard InChI is InChI=1S/C28H36FN5O/c1-6-14-31-27(21(5)33-18-20(4)24-11-9-19(3)16-26(24)29)34-23-10-12-25(22(7-2)17-23)28(35)32-15-8-13-30/h6,9-12,14,16-18H,7-8,13,15,30H2,1-5H3,(H,31,34)(H,32,35)/b14-6-,20-18+,33-21+. The predicted octanol–water partition coefficient (Wildman–Crippen LogP) is 5.64. The number of allylic oxidation sites excluding steroid dienone is 2. The molecule has 2 aromatic carbocycles. The monoisotopic (exact) mass is 477 g/mol. The summed E-state index contributed by atoms with van der Waals surface area (Å²) < 4.78 is 14.3. The molecule has 0 aromatic heterocycles. The van der Waals surface area contributed by atoms with Crippen LogP contribution in [-0.2, 0) is 6.42 Å². The molecule has 0 saturated heterocycles. The summed E-state index contributed by atoms with van der Waals surface area (Å²) in [4.78, 5) is 21.5. The number of aryl methyl sites for hydroxylation is 2. The first kappa shape index (κ1) is 27.7. The van der Waals surface area contributed by atoms with Crippen LogP contribution in [0.1, 0.15) is 61.2 Å². The second-order valence-corrected chi connectivity index (χ2v) is 8.22. The SMILES string of the molecule is C\C=C/N=C(Nc1ccc(C(=O)NCCCN)c(CC)c1)\C(C)=N\C=C(/C)c1ccc(C)cc1F. The Morgan fingerprint density at radius 2 is 1.86 bits per heavy atom. The molecule has 35 heavy (non-hydrogen) atoms. The summed E-state index contributed by atoms with van der Waals surface area (Å²) in [5, 5.41) is 6.21. The van der Waals surface area contributed by atoms with E-state index < -0.39 is 0 Å². The van der Waals surface area contributed by atoms with Gasteiger partial charge in [-0.25, -0.2) is 9.38 Å². The molecule has 186 valence electrons. The number of aliphatic imine (C=N–C) groups is 2. The highest BCUT2D eigenvalue weighted by molar-refractivity contribution is 6.45. The highest BCUT2D eigenvalue weighted by Crippen LogP contribution is 2.20. The van der Waals surface area contributed by atoms with Crippen molar-refractivity contribution in [1.29, 1.82) is 0 Å². The number of carbonyl (C=O) groups excluding carboxylic acids is 1. The average Bonchev–Trinajstić information content (AvgIpc) is 2.84. The Balaban J connectivity index is 2.28. The number of benzene rings is 2. The van der Waals surface area contributed by atoms with E-state index in [0.717, 1.165) is 23.2 Å². The van der Waals surface area contributed by atoms with Gasteiger partial charge in [-0.1, -0.05) is 25.1 Å². The lowest BCUT2D eigenvalue weighted by Crippen LogP contribution is -2.27. The maximum Gasteiger partial charge on any atom is 0.251 e. The highest BCUT2D eigenvalue weighted by atomic mass is 19.1. The van der Waals surface area contributed by atoms with E-state index in [1.54, 1.807) is 18.5 Å². The molecule has 6 nitrogen and oxygen atoms in total. The van der Waals surface area contributed by atoms with Crippen LogP contribution in [0.3, 0.4) is 0 Å². The summed E-state index contributed by atoms with van der Waals surface area (Å²) in [7, 11) is 0. The van der Waals surface area contributed by atoms with E-state index in [2.05, 4.69) is 20.6 Å². The molecule has 0 aliphatic carbocycles. The quantitative estimate of drug-likeness (QED) is 0.235. The van der Waals surface area contributed by atoms with Gasteiger partial charge in [-0.2, -0.15) is 0 Å². The molecule has 2 rings (SSSR count). The van der Waals surface area contributed by atoms with Crippen LogP contribution in [0.5, 0.6) is 0 Å². The fourth-order valence-corrected chi connectivity index (χ4v) is 3.35. The Morgan fingerprint density at radius 1 is 1.11 bits per heavy atom. The lowest BCUT2D eigenvalue weighted by atomic mass is 10.0. The van der Waals surface area contributed by atoms with Crippen molar-refractivity contribution >= 4 is 28.7 Å². The number of halogens is 1. The minimum absolute atomic E-state index is 0.105. The molecular weight excluding hydrogens is 441 g/mol. The summed E-state index contributed by atoms with van der Waals surface area (Å²) >= 11 is 0. The molecule has 1 amide bonds. The first-order chi connectivity index (χ1) is 16.8. The molecule has 0 fully saturated rings. The summed E-state index contributed by atoms with van der Waals surface area (Å²) in [5.74, 6) is 0.178. The van der Waals surface area contributed by atoms with Crippen molar-refractivity contribution < 1.29 is 9.18 Å². The maximum atomic E-state index is 14.3. The lowest BCUT2D eigenvalue weighted by molar-refractivity contribution is 0.0952. The third-order valence-electron chi connectivity index (χ3n) is 5.36. The summed E-state index contributed by atoms with van der Waals surface area (Å²) in [6.45, 7) is 10.5. The van der Waals surface area contributed by atoms with Crippen molar-refractivity contribution in [3.63, 3.8) is 0 Å². The van der Waals surface area contributed by atoms with Crippen LogP contribution in [0.4, 0.5) is 10.1 Å². The first-order valence-electron chi connectivity index (χ1n) is 11.9. The largest absolute Gasteiger partial charge is 0.352 e. The van der Waals surface area contributed by atoms with Crippen LogP contribution in [0.25, 0.3) is 5.57 Å². The van der Waals surface area contributed by atoms with Gasteiger partial charge in [-0.15, -0.1) is 0 Å². The van der Waals surface area contributed by atoms with Crippen LogP contribution in [0.2, 0.25) is 0 Å². The van der Waals surface area contributed by atoms with Crippen LogP contribution in [0.15, 0.2) is 64.9 Å². The van der Waals surface area contributed by atoms with Crippen LogP contribution < -0.4 is 16.4 Å². The van der Waals surface area contributed by atoms with Crippen LogP contribution >= 0.6 is 0 Å². The summed E-state index contributed by atoms with van der Waals surface area (Å²) in [6, 6.07) is 10.7. The fourth-order valence-electron chi connectivity index (χ4n) is 3.35. The highest BCUT2D eigenvalue weighted by Gasteiger charge is 2.12. The number of nitrogens with zero attached hydrogens (tertiary/aromatic N) is 2. The molecule has 0 atom stereocenters. The van der Waals surface area contributed by atoms with Crippen molar-refractivity contribution in [2.45, 2.75) is 47.5 Å². The minimum atomic E-state index is -0.271. The molecule has 0 aliphatic heterocycles. The lowest BCUT2D eigenvalue weighted by Gasteiger charge is -2.13. The van der Waals surface area contributed by atoms with Crippen molar-refractivity contribution in [2.24, 2.45) is 15.7 Å². The van der Waals surface area contributed by atoms with E-state index in [9.17, 15) is 9.18 Å². The van der Waals surface area contributed by atoms with Crippen molar-refractivity contribution in [3.8, 4) is 0 Å². The number of anilines is 1. The number of nitrogens with one attached hydrogen (secondary N) is 2. The Hall–Kier alpha value is -3.58. The van der Waals surface area contributed by atoms with E-state index in [1.807, 2.05) is 65.0 Å². The number of carbonyl (C=O) groups is 1. The normalized spacial score (nSPS) is 12.8. The number of hydrogen-bond donors (Lipinski definition) is 3. The van der Waals surface area contributed by atoms with Gasteiger partial charge in [-0.3, -0.25) is 9.79 Å². The van der Waals surface area contributed by atoms with Gasteiger partial charge >= 0.3 is 0 Å². The van der Waals surface area contributed by atoms with Crippen LogP contribution in [0, 0.1) is 12.7 Å². The van der Waals surface area contributed by atoms with Crippen LogP contribution in [-0.4, -0.2) is 30.5 Å². The zero-order valence-electron chi connectivity index (χ0n) is 21.3. The summed E-state index contributed by atoms with van der Waals surface area (Å²) in [5.41, 5.74) is 10.6. The van der Waals surface area contributed by atoms with Crippen molar-refractivity contribution in [2.75, 3.05) is 18.4 Å². The van der Waals surface area contributed by atoms with Gasteiger partial charge in [0.15, 0.2) is 5.84 Å². The number of amides is 1. The summed E-state index contributed by atoms with van der Waals surface area (Å²) in [6.07, 6.45) is 6.58. The van der Waals surface area contributed by atoms with E-state index in [4.69, 9.17) is 5.73 Å². The molecule has 0 heterocycles. The number of rotatable bonds is 10. The Kier molecular flexibility index (Phi) is 11.0. The first-order valence-corrected chi connectivity index (χ1v) is 11.9. The zero-order chi connectivity index (χ0) is 25.8. The average molecular weight is 478 g/mol. The zero-order valence-corrected chi connectivity index (χ0v) is 21.3. The molecule has 4 N–H and O–H groups in total. The van der Waals surface area contributed by atoms with E-state index in [1.165, 1.54) is 6.07 Å². The molecule has 0 saturated carbocycles. The Labute approximate surface area is 208 Å². The third-order valence-corrected chi connectivity index (χ3v) is 5.36. The molecule has 0 unspecified atom stereocenters. The van der Waals surface area contributed by atoms with Gasteiger partial charge in [0.05, 0.1) is 5.71 Å². The molecule has 0 radical (unpaired) electrons. The number of nitrogens with two attached hydrogens (primary N) is 1. The number of amidine groups is 1. The topological polar surface area (TPSA) is 91.9 Å². The third kappa shape index (κ3) is 8.30. The smallest absolute Gasteiger partial charge is 0.251 e. The van der Waals surface area contributed by atoms with Gasteiger partial charge in [0.2, 0.25) is 0 Å². The van der Waals surface area contributed by atoms with Gasteiger partial charge in [-0.05, 0) is 88.0 Å². The number of hydrogen-bond acceptors (Lipinski definition) is 4. The van der Waals surface area contributed by atoms with Gasteiger partial charge in [0, 0.05) is 35.8 Å². The van der Waals surface area contributed by atoms with Crippen molar-refractivity contribution in [3.05, 3.63) is 82.9 Å². The molecule has 0 spiro atoms. The van der Waals surface area contributed by atoms with Crippen molar-refractivity contribution in [1.82, 2.24) is 5.32 Å². The van der Waals surface area contributed by atoms with Gasteiger partial charge in [0.25, 0.3) is 5.91 Å². The molecule has 0 bridgehead atoms. The second-order valence-electron chi connectivity index (χ2n) is 8.22.